The zero-order chi connectivity index (χ0) is 13.4. The molecule has 0 spiro atoms. The fraction of sp³-hybridized carbons (Fsp3) is 0.600. The molecule has 0 atom stereocenters. The first-order chi connectivity index (χ1) is 8.35. The Kier molecular flexibility index (Phi) is 3.05. The predicted molar refractivity (Wildman–Crippen MR) is 65.0 cm³/mol. The van der Waals surface area contributed by atoms with Crippen LogP contribution >= 0.6 is 0 Å². The number of nitrogens with two attached hydrogens (primary N) is 1. The molecule has 0 aliphatic heterocycles. The smallest absolute Gasteiger partial charge is 0.178 e. The first-order valence-corrected chi connectivity index (χ1v) is 7.43. The summed E-state index contributed by atoms with van der Waals surface area (Å²) in [5.41, 5.74) is 5.46. The van der Waals surface area contributed by atoms with Gasteiger partial charge in [0.2, 0.25) is 0 Å². The van der Waals surface area contributed by atoms with Crippen molar-refractivity contribution in [1.29, 1.82) is 0 Å². The number of rotatable bonds is 5. The highest BCUT2D eigenvalue weighted by molar-refractivity contribution is 7.90. The fourth-order valence-corrected chi connectivity index (χ4v) is 2.51. The lowest BCUT2D eigenvalue weighted by atomic mass is 10.0. The second-order valence-corrected chi connectivity index (χ2v) is 6.93. The van der Waals surface area contributed by atoms with Gasteiger partial charge < -0.3 is 10.9 Å². The zero-order valence-corrected chi connectivity index (χ0v) is 10.9. The average Bonchev–Trinajstić information content (AvgIpc) is 2.84. The molecule has 1 saturated carbocycles. The maximum absolute atomic E-state index is 11.3. The number of oxime groups is 1. The summed E-state index contributed by atoms with van der Waals surface area (Å²) in [6.45, 7) is 0.582. The third-order valence-corrected chi connectivity index (χ3v) is 4.24. The van der Waals surface area contributed by atoms with Gasteiger partial charge in [0.1, 0.15) is 10.7 Å². The van der Waals surface area contributed by atoms with Gasteiger partial charge in [-0.3, -0.25) is 4.68 Å². The highest BCUT2D eigenvalue weighted by Crippen LogP contribution is 2.50. The van der Waals surface area contributed by atoms with Gasteiger partial charge in [0, 0.05) is 25.4 Å². The van der Waals surface area contributed by atoms with Crippen molar-refractivity contribution in [2.24, 2.45) is 16.3 Å². The van der Waals surface area contributed by atoms with E-state index in [1.165, 1.54) is 12.4 Å². The van der Waals surface area contributed by atoms with Crippen LogP contribution in [-0.2, 0) is 16.4 Å². The van der Waals surface area contributed by atoms with Crippen LogP contribution in [0, 0.1) is 5.41 Å². The standard InChI is InChI=1S/C10H16N4O3S/c1-18(16,17)8-5-12-14(6-8)7-10(2-3-10)4-9(11)13-15/h5-6,15H,2-4,7H2,1H3,(H2,11,13). The molecular formula is C10H16N4O3S. The first-order valence-electron chi connectivity index (χ1n) is 5.54. The topological polar surface area (TPSA) is 111 Å². The van der Waals surface area contributed by atoms with Gasteiger partial charge in [-0.15, -0.1) is 0 Å². The molecule has 0 saturated heterocycles. The molecule has 0 radical (unpaired) electrons. The van der Waals surface area contributed by atoms with E-state index >= 15 is 0 Å². The summed E-state index contributed by atoms with van der Waals surface area (Å²) in [5, 5.41) is 15.6. The van der Waals surface area contributed by atoms with Crippen molar-refractivity contribution in [2.45, 2.75) is 30.7 Å². The normalized spacial score (nSPS) is 18.8. The van der Waals surface area contributed by atoms with Crippen molar-refractivity contribution in [3.05, 3.63) is 12.4 Å². The summed E-state index contributed by atoms with van der Waals surface area (Å²) in [6.07, 6.45) is 6.44. The quantitative estimate of drug-likeness (QED) is 0.344. The van der Waals surface area contributed by atoms with Crippen LogP contribution in [0.2, 0.25) is 0 Å². The third-order valence-electron chi connectivity index (χ3n) is 3.18. The Labute approximate surface area is 105 Å². The molecule has 7 nitrogen and oxygen atoms in total. The Morgan fingerprint density at radius 3 is 2.78 bits per heavy atom. The number of amidine groups is 1. The molecule has 100 valence electrons. The summed E-state index contributed by atoms with van der Waals surface area (Å²) in [7, 11) is -3.22. The SMILES string of the molecule is CS(=O)(=O)c1cnn(CC2(C/C(N)=N/O)CC2)c1. The van der Waals surface area contributed by atoms with E-state index in [1.807, 2.05) is 0 Å². The Morgan fingerprint density at radius 1 is 1.67 bits per heavy atom. The van der Waals surface area contributed by atoms with Gasteiger partial charge in [-0.2, -0.15) is 5.10 Å². The third kappa shape index (κ3) is 2.81. The van der Waals surface area contributed by atoms with Gasteiger partial charge in [-0.1, -0.05) is 5.16 Å². The van der Waals surface area contributed by atoms with Crippen molar-refractivity contribution in [3.63, 3.8) is 0 Å². The van der Waals surface area contributed by atoms with E-state index in [0.29, 0.717) is 13.0 Å². The lowest BCUT2D eigenvalue weighted by Gasteiger charge is -2.13. The van der Waals surface area contributed by atoms with Gasteiger partial charge >= 0.3 is 0 Å². The Bertz CT molecular complexity index is 572. The van der Waals surface area contributed by atoms with Crippen LogP contribution in [0.15, 0.2) is 22.4 Å². The van der Waals surface area contributed by atoms with Gasteiger partial charge in [-0.25, -0.2) is 8.42 Å². The summed E-state index contributed by atoms with van der Waals surface area (Å²) in [5.74, 6) is 0.197. The van der Waals surface area contributed by atoms with Crippen LogP contribution in [0.3, 0.4) is 0 Å². The van der Waals surface area contributed by atoms with Crippen LogP contribution in [0.1, 0.15) is 19.3 Å². The molecule has 1 aromatic heterocycles. The fourth-order valence-electron chi connectivity index (χ4n) is 1.95. The first kappa shape index (κ1) is 12.9. The summed E-state index contributed by atoms with van der Waals surface area (Å²) < 4.78 is 24.3. The van der Waals surface area contributed by atoms with E-state index in [9.17, 15) is 8.42 Å². The number of hydrogen-bond donors (Lipinski definition) is 2. The minimum Gasteiger partial charge on any atom is -0.409 e. The number of sulfone groups is 1. The van der Waals surface area contributed by atoms with Crippen LogP contribution in [0.4, 0.5) is 0 Å². The molecule has 1 heterocycles. The Hall–Kier alpha value is -1.57. The Morgan fingerprint density at radius 2 is 2.33 bits per heavy atom. The molecule has 0 unspecified atom stereocenters. The molecule has 2 rings (SSSR count). The van der Waals surface area contributed by atoms with E-state index in [4.69, 9.17) is 10.9 Å². The summed E-state index contributed by atoms with van der Waals surface area (Å²) in [6, 6.07) is 0. The highest BCUT2D eigenvalue weighted by Gasteiger charge is 2.44. The van der Waals surface area contributed by atoms with Crippen molar-refractivity contribution < 1.29 is 13.6 Å². The number of aromatic nitrogens is 2. The summed E-state index contributed by atoms with van der Waals surface area (Å²) >= 11 is 0. The average molecular weight is 272 g/mol. The molecule has 1 aliphatic rings. The minimum absolute atomic E-state index is 0.0445. The van der Waals surface area contributed by atoms with Crippen molar-refractivity contribution >= 4 is 15.7 Å². The van der Waals surface area contributed by atoms with Crippen molar-refractivity contribution in [1.82, 2.24) is 9.78 Å². The van der Waals surface area contributed by atoms with E-state index < -0.39 is 9.84 Å². The second kappa shape index (κ2) is 4.27. The zero-order valence-electron chi connectivity index (χ0n) is 10.1. The lowest BCUT2D eigenvalue weighted by molar-refractivity contribution is 0.312. The molecule has 0 bridgehead atoms. The van der Waals surface area contributed by atoms with E-state index in [0.717, 1.165) is 19.1 Å². The van der Waals surface area contributed by atoms with Crippen LogP contribution in [-0.4, -0.2) is 35.5 Å². The Balaban J connectivity index is 2.09. The van der Waals surface area contributed by atoms with E-state index in [1.54, 1.807) is 4.68 Å². The maximum atomic E-state index is 11.3. The maximum Gasteiger partial charge on any atom is 0.178 e. The minimum atomic E-state index is -3.22. The molecular weight excluding hydrogens is 256 g/mol. The molecule has 3 N–H and O–H groups in total. The van der Waals surface area contributed by atoms with Crippen LogP contribution in [0.25, 0.3) is 0 Å². The molecule has 1 fully saturated rings. The van der Waals surface area contributed by atoms with Crippen molar-refractivity contribution in [2.75, 3.05) is 6.26 Å². The van der Waals surface area contributed by atoms with Gasteiger partial charge in [-0.05, 0) is 18.3 Å². The summed E-state index contributed by atoms with van der Waals surface area (Å²) in [4.78, 5) is 0.210. The highest BCUT2D eigenvalue weighted by atomic mass is 32.2. The molecule has 0 aromatic carbocycles. The van der Waals surface area contributed by atoms with E-state index in [-0.39, 0.29) is 16.1 Å². The molecule has 1 aromatic rings. The van der Waals surface area contributed by atoms with Crippen LogP contribution < -0.4 is 5.73 Å². The van der Waals surface area contributed by atoms with Gasteiger partial charge in [0.05, 0.1) is 6.20 Å². The largest absolute Gasteiger partial charge is 0.409 e. The van der Waals surface area contributed by atoms with Crippen LogP contribution in [0.5, 0.6) is 0 Å². The monoisotopic (exact) mass is 272 g/mol. The molecule has 8 heteroatoms. The predicted octanol–water partition coefficient (Wildman–Crippen LogP) is 0.203. The number of hydrogen-bond acceptors (Lipinski definition) is 5. The second-order valence-electron chi connectivity index (χ2n) is 4.91. The molecule has 18 heavy (non-hydrogen) atoms. The van der Waals surface area contributed by atoms with Gasteiger partial charge in [0.25, 0.3) is 0 Å². The van der Waals surface area contributed by atoms with Crippen molar-refractivity contribution in [3.8, 4) is 0 Å². The lowest BCUT2D eigenvalue weighted by Crippen LogP contribution is -2.21. The molecule has 0 amide bonds. The van der Waals surface area contributed by atoms with E-state index in [2.05, 4.69) is 10.3 Å². The number of nitrogens with zero attached hydrogens (tertiary/aromatic N) is 3. The van der Waals surface area contributed by atoms with Gasteiger partial charge in [0.15, 0.2) is 9.84 Å². The molecule has 1 aliphatic carbocycles.